The second kappa shape index (κ2) is 10.8. The van der Waals surface area contributed by atoms with Crippen molar-refractivity contribution in [3.05, 3.63) is 76.0 Å². The first-order valence-electron chi connectivity index (χ1n) is 10.7. The molecule has 4 aromatic rings. The number of anilines is 1. The van der Waals surface area contributed by atoms with Crippen LogP contribution in [0.4, 0.5) is 27.6 Å². The summed E-state index contributed by atoms with van der Waals surface area (Å²) in [5, 5.41) is 2.23. The Hall–Kier alpha value is -4.33. The van der Waals surface area contributed by atoms with E-state index >= 15 is 0 Å². The van der Waals surface area contributed by atoms with Crippen molar-refractivity contribution in [2.24, 2.45) is 0 Å². The van der Waals surface area contributed by atoms with Crippen molar-refractivity contribution >= 4 is 44.2 Å². The molecule has 14 heteroatoms. The quantitative estimate of drug-likeness (QED) is 0.148. The molecule has 8 nitrogen and oxygen atoms in total. The number of ether oxygens (including phenoxy) is 3. The SMILES string of the molecule is COc1cc2ncnc(Oc3cc(F)c(C(=O)C(=O)Nc4cc(Br)cc(C(F)(F)F)c4)c(F)c3)c2cc1OC. The largest absolute Gasteiger partial charge is 0.493 e. The standard InChI is InChI=1S/C25H15BrF5N3O5/c1-37-19-8-15-18(9-20(19)38-2)32-10-33-24(15)39-14-6-16(27)21(17(28)7-14)22(35)23(36)34-13-4-11(25(29,30)31)3-12(26)5-13/h3-10H,1-2H3,(H,34,36). The van der Waals surface area contributed by atoms with E-state index in [2.05, 4.69) is 25.9 Å². The number of Topliss-reactive ketones (excluding diaryl/α,β-unsaturated/α-hetero) is 1. The van der Waals surface area contributed by atoms with Crippen LogP contribution in [-0.2, 0) is 11.0 Å². The number of carbonyl (C=O) groups excluding carboxylic acids is 2. The first-order valence-corrected chi connectivity index (χ1v) is 11.5. The molecule has 0 bridgehead atoms. The number of benzene rings is 3. The molecule has 0 aliphatic heterocycles. The van der Waals surface area contributed by atoms with E-state index in [1.54, 1.807) is 0 Å². The molecule has 0 aliphatic carbocycles. The van der Waals surface area contributed by atoms with Crippen molar-refractivity contribution in [1.29, 1.82) is 0 Å². The Morgan fingerprint density at radius 3 is 2.15 bits per heavy atom. The van der Waals surface area contributed by atoms with Gasteiger partial charge in [-0.05, 0) is 24.3 Å². The number of methoxy groups -OCH3 is 2. The molecule has 1 N–H and O–H groups in total. The van der Waals surface area contributed by atoms with Crippen molar-refractivity contribution in [3.63, 3.8) is 0 Å². The smallest absolute Gasteiger partial charge is 0.416 e. The van der Waals surface area contributed by atoms with Gasteiger partial charge in [0.15, 0.2) is 11.5 Å². The van der Waals surface area contributed by atoms with Gasteiger partial charge in [-0.3, -0.25) is 9.59 Å². The van der Waals surface area contributed by atoms with E-state index in [9.17, 15) is 31.5 Å². The number of amides is 1. The number of halogens is 6. The van der Waals surface area contributed by atoms with Gasteiger partial charge in [-0.2, -0.15) is 13.2 Å². The Kier molecular flexibility index (Phi) is 7.67. The lowest BCUT2D eigenvalue weighted by atomic mass is 10.1. The molecule has 0 fully saturated rings. The minimum absolute atomic E-state index is 0.0488. The number of alkyl halides is 3. The lowest BCUT2D eigenvalue weighted by Crippen LogP contribution is -2.25. The molecule has 1 heterocycles. The van der Waals surface area contributed by atoms with Crippen molar-refractivity contribution in [2.45, 2.75) is 6.18 Å². The number of rotatable bonds is 7. The molecule has 1 aromatic heterocycles. The summed E-state index contributed by atoms with van der Waals surface area (Å²) in [6.07, 6.45) is -3.60. The predicted molar refractivity (Wildman–Crippen MR) is 131 cm³/mol. The normalized spacial score (nSPS) is 11.3. The number of hydrogen-bond donors (Lipinski definition) is 1. The monoisotopic (exact) mass is 611 g/mol. The van der Waals surface area contributed by atoms with Gasteiger partial charge < -0.3 is 19.5 Å². The molecule has 0 unspecified atom stereocenters. The summed E-state index contributed by atoms with van der Waals surface area (Å²) in [6, 6.07) is 6.73. The van der Waals surface area contributed by atoms with E-state index in [1.165, 1.54) is 26.4 Å². The summed E-state index contributed by atoms with van der Waals surface area (Å²) in [5.41, 5.74) is -2.40. The average molecular weight is 612 g/mol. The van der Waals surface area contributed by atoms with E-state index < -0.39 is 52.1 Å². The summed E-state index contributed by atoms with van der Waals surface area (Å²) in [4.78, 5) is 32.9. The molecule has 3 aromatic carbocycles. The van der Waals surface area contributed by atoms with Gasteiger partial charge in [0.2, 0.25) is 5.88 Å². The maximum Gasteiger partial charge on any atom is 0.416 e. The second-order valence-corrected chi connectivity index (χ2v) is 8.69. The van der Waals surface area contributed by atoms with E-state index in [4.69, 9.17) is 14.2 Å². The molecule has 202 valence electrons. The van der Waals surface area contributed by atoms with Crippen LogP contribution in [0.1, 0.15) is 15.9 Å². The summed E-state index contributed by atoms with van der Waals surface area (Å²) < 4.78 is 84.7. The fourth-order valence-corrected chi connectivity index (χ4v) is 4.00. The van der Waals surface area contributed by atoms with Crippen LogP contribution in [0, 0.1) is 11.6 Å². The van der Waals surface area contributed by atoms with Crippen LogP contribution in [0.15, 0.2) is 53.3 Å². The van der Waals surface area contributed by atoms with Crippen LogP contribution in [0.3, 0.4) is 0 Å². The molecule has 4 rings (SSSR count). The molecule has 0 aliphatic rings. The highest BCUT2D eigenvalue weighted by Gasteiger charge is 2.32. The van der Waals surface area contributed by atoms with Gasteiger partial charge in [-0.1, -0.05) is 15.9 Å². The molecule has 0 saturated carbocycles. The third kappa shape index (κ3) is 5.90. The van der Waals surface area contributed by atoms with Gasteiger partial charge in [-0.25, -0.2) is 18.7 Å². The Morgan fingerprint density at radius 1 is 0.897 bits per heavy atom. The minimum Gasteiger partial charge on any atom is -0.493 e. The Labute approximate surface area is 224 Å². The first-order chi connectivity index (χ1) is 18.4. The number of nitrogens with one attached hydrogen (secondary N) is 1. The Bertz CT molecular complexity index is 1590. The van der Waals surface area contributed by atoms with E-state index in [1.807, 2.05) is 5.32 Å². The number of ketones is 1. The molecule has 0 saturated heterocycles. The van der Waals surface area contributed by atoms with E-state index in [0.717, 1.165) is 18.5 Å². The molecule has 0 radical (unpaired) electrons. The molecular formula is C25H15BrF5N3O5. The van der Waals surface area contributed by atoms with Gasteiger partial charge in [0, 0.05) is 28.4 Å². The van der Waals surface area contributed by atoms with Crippen molar-refractivity contribution in [2.75, 3.05) is 19.5 Å². The predicted octanol–water partition coefficient (Wildman–Crippen LogP) is 6.32. The summed E-state index contributed by atoms with van der Waals surface area (Å²) in [5.74, 6) is -5.96. The van der Waals surface area contributed by atoms with Gasteiger partial charge in [-0.15, -0.1) is 0 Å². The van der Waals surface area contributed by atoms with Crippen molar-refractivity contribution in [3.8, 4) is 23.1 Å². The lowest BCUT2D eigenvalue weighted by molar-refractivity contribution is -0.137. The lowest BCUT2D eigenvalue weighted by Gasteiger charge is -2.13. The van der Waals surface area contributed by atoms with Crippen LogP contribution < -0.4 is 19.5 Å². The highest BCUT2D eigenvalue weighted by molar-refractivity contribution is 9.10. The maximum absolute atomic E-state index is 14.8. The third-order valence-corrected chi connectivity index (χ3v) is 5.71. The van der Waals surface area contributed by atoms with Crippen LogP contribution in [-0.4, -0.2) is 35.9 Å². The number of aromatic nitrogens is 2. The average Bonchev–Trinajstić information content (AvgIpc) is 2.86. The fourth-order valence-electron chi connectivity index (χ4n) is 3.50. The summed E-state index contributed by atoms with van der Waals surface area (Å²) >= 11 is 2.87. The molecular weight excluding hydrogens is 597 g/mol. The molecule has 39 heavy (non-hydrogen) atoms. The highest BCUT2D eigenvalue weighted by Crippen LogP contribution is 2.37. The van der Waals surface area contributed by atoms with E-state index in [0.29, 0.717) is 40.6 Å². The fraction of sp³-hybridized carbons (Fsp3) is 0.120. The van der Waals surface area contributed by atoms with Gasteiger partial charge in [0.1, 0.15) is 23.7 Å². The molecule has 0 atom stereocenters. The van der Waals surface area contributed by atoms with Gasteiger partial charge >= 0.3 is 6.18 Å². The topological polar surface area (TPSA) is 99.6 Å². The minimum atomic E-state index is -4.74. The summed E-state index contributed by atoms with van der Waals surface area (Å²) in [7, 11) is 2.83. The van der Waals surface area contributed by atoms with Crippen molar-refractivity contribution < 1.29 is 45.8 Å². The zero-order valence-electron chi connectivity index (χ0n) is 19.8. The number of carbonyl (C=O) groups is 2. The van der Waals surface area contributed by atoms with Crippen molar-refractivity contribution in [1.82, 2.24) is 9.97 Å². The molecule has 0 spiro atoms. The molecule has 1 amide bonds. The Balaban J connectivity index is 1.61. The third-order valence-electron chi connectivity index (χ3n) is 5.25. The Morgan fingerprint density at radius 2 is 1.54 bits per heavy atom. The zero-order chi connectivity index (χ0) is 28.5. The van der Waals surface area contributed by atoms with Crippen LogP contribution >= 0.6 is 15.9 Å². The first kappa shape index (κ1) is 27.7. The van der Waals surface area contributed by atoms with Crippen LogP contribution in [0.2, 0.25) is 0 Å². The number of fused-ring (bicyclic) bond motifs is 1. The zero-order valence-corrected chi connectivity index (χ0v) is 21.4. The van der Waals surface area contributed by atoms with Crippen LogP contribution in [0.5, 0.6) is 23.1 Å². The number of nitrogens with zero attached hydrogens (tertiary/aromatic N) is 2. The highest BCUT2D eigenvalue weighted by atomic mass is 79.9. The maximum atomic E-state index is 14.8. The van der Waals surface area contributed by atoms with Crippen LogP contribution in [0.25, 0.3) is 10.9 Å². The van der Waals surface area contributed by atoms with E-state index in [-0.39, 0.29) is 10.4 Å². The number of hydrogen-bond acceptors (Lipinski definition) is 7. The second-order valence-electron chi connectivity index (χ2n) is 7.78. The summed E-state index contributed by atoms with van der Waals surface area (Å²) in [6.45, 7) is 0. The van der Waals surface area contributed by atoms with Gasteiger partial charge in [0.05, 0.1) is 36.2 Å². The van der Waals surface area contributed by atoms with Gasteiger partial charge in [0.25, 0.3) is 11.7 Å².